The summed E-state index contributed by atoms with van der Waals surface area (Å²) in [4.78, 5) is 2.49. The Labute approximate surface area is 411 Å². The number of fused-ring (bicyclic) bond motifs is 12. The fourth-order valence-electron chi connectivity index (χ4n) is 13.4. The van der Waals surface area contributed by atoms with Crippen LogP contribution in [0.25, 0.3) is 88.0 Å². The highest BCUT2D eigenvalue weighted by Gasteiger charge is 2.40. The van der Waals surface area contributed by atoms with E-state index in [1.54, 1.807) is 0 Å². The van der Waals surface area contributed by atoms with E-state index in [2.05, 4.69) is 259 Å². The number of hydrogen-bond acceptors (Lipinski definition) is 1. The Bertz CT molecular complexity index is 3920. The normalized spacial score (nSPS) is 15.1. The van der Waals surface area contributed by atoms with Gasteiger partial charge in [-0.1, -0.05) is 205 Å². The second kappa shape index (κ2) is 14.5. The van der Waals surface area contributed by atoms with Crippen LogP contribution in [-0.4, -0.2) is 0 Å². The summed E-state index contributed by atoms with van der Waals surface area (Å²) >= 11 is 0. The van der Waals surface area contributed by atoms with E-state index in [4.69, 9.17) is 0 Å². The van der Waals surface area contributed by atoms with Crippen molar-refractivity contribution in [2.45, 2.75) is 57.8 Å². The second-order valence-electron chi connectivity index (χ2n) is 21.6. The molecule has 0 spiro atoms. The third kappa shape index (κ3) is 5.61. The third-order valence-corrected chi connectivity index (χ3v) is 16.8. The van der Waals surface area contributed by atoms with Crippen molar-refractivity contribution in [1.82, 2.24) is 0 Å². The molecule has 0 N–H and O–H groups in total. The van der Waals surface area contributed by atoms with Crippen LogP contribution in [0.4, 0.5) is 17.1 Å². The van der Waals surface area contributed by atoms with Crippen molar-refractivity contribution in [3.63, 3.8) is 0 Å². The Morgan fingerprint density at radius 1 is 0.271 bits per heavy atom. The van der Waals surface area contributed by atoms with Gasteiger partial charge in [-0.3, -0.25) is 0 Å². The Morgan fingerprint density at radius 2 is 0.671 bits per heavy atom. The average molecular weight is 896 g/mol. The smallest absolute Gasteiger partial charge is 0.0465 e. The summed E-state index contributed by atoms with van der Waals surface area (Å²) in [7, 11) is 0. The minimum absolute atomic E-state index is 0.128. The van der Waals surface area contributed by atoms with Crippen LogP contribution in [-0.2, 0) is 16.2 Å². The van der Waals surface area contributed by atoms with E-state index in [0.717, 1.165) is 17.1 Å². The number of nitrogens with zero attached hydrogens (tertiary/aromatic N) is 1. The lowest BCUT2D eigenvalue weighted by molar-refractivity contribution is 0.660. The SMILES string of the molecule is CC1(C)c2ccccc2-c2ccc(N(c3ccc(-c4c5ccccc5c(-c5cccc6c5C(C)(C)c5ccccc5-6)c5cc6ccccc6cc45)cc3)c3ccc4c(c3)C(C)(C)c3ccccc3-4)cc21. The molecule has 0 heterocycles. The number of benzene rings is 11. The third-order valence-electron chi connectivity index (χ3n) is 16.8. The van der Waals surface area contributed by atoms with Gasteiger partial charge < -0.3 is 4.90 Å². The molecular weight excluding hydrogens is 843 g/mol. The first kappa shape index (κ1) is 41.0. The van der Waals surface area contributed by atoms with E-state index in [-0.39, 0.29) is 16.2 Å². The van der Waals surface area contributed by atoms with Gasteiger partial charge in [0, 0.05) is 33.3 Å². The van der Waals surface area contributed by atoms with Crippen LogP contribution < -0.4 is 4.90 Å². The molecule has 3 aliphatic rings. The molecule has 0 unspecified atom stereocenters. The molecule has 334 valence electrons. The number of hydrogen-bond donors (Lipinski definition) is 0. The maximum Gasteiger partial charge on any atom is 0.0465 e. The van der Waals surface area contributed by atoms with Crippen molar-refractivity contribution >= 4 is 49.4 Å². The van der Waals surface area contributed by atoms with Crippen LogP contribution >= 0.6 is 0 Å². The number of anilines is 3. The van der Waals surface area contributed by atoms with Gasteiger partial charge in [-0.2, -0.15) is 0 Å². The molecule has 0 radical (unpaired) electrons. The molecule has 0 aromatic heterocycles. The van der Waals surface area contributed by atoms with Crippen LogP contribution in [0.5, 0.6) is 0 Å². The van der Waals surface area contributed by atoms with Crippen molar-refractivity contribution in [3.05, 3.63) is 246 Å². The van der Waals surface area contributed by atoms with Crippen LogP contribution in [0.3, 0.4) is 0 Å². The summed E-state index contributed by atoms with van der Waals surface area (Å²) in [5, 5.41) is 7.58. The van der Waals surface area contributed by atoms with E-state index >= 15 is 0 Å². The lowest BCUT2D eigenvalue weighted by atomic mass is 9.76. The van der Waals surface area contributed by atoms with E-state index < -0.39 is 0 Å². The van der Waals surface area contributed by atoms with E-state index in [0.29, 0.717) is 0 Å². The van der Waals surface area contributed by atoms with Gasteiger partial charge >= 0.3 is 0 Å². The zero-order chi connectivity index (χ0) is 47.3. The average Bonchev–Trinajstić information content (AvgIpc) is 3.87. The van der Waals surface area contributed by atoms with Crippen molar-refractivity contribution in [1.29, 1.82) is 0 Å². The Morgan fingerprint density at radius 3 is 1.23 bits per heavy atom. The van der Waals surface area contributed by atoms with Crippen LogP contribution in [0.2, 0.25) is 0 Å². The van der Waals surface area contributed by atoms with Gasteiger partial charge in [0.2, 0.25) is 0 Å². The molecule has 11 aromatic rings. The molecule has 0 amide bonds. The van der Waals surface area contributed by atoms with Gasteiger partial charge in [-0.05, 0) is 170 Å². The number of rotatable bonds is 5. The molecule has 0 fully saturated rings. The summed E-state index contributed by atoms with van der Waals surface area (Å²) in [5.74, 6) is 0. The molecule has 1 nitrogen and oxygen atoms in total. The summed E-state index contributed by atoms with van der Waals surface area (Å²) in [5.41, 5.74) is 24.4. The molecular formula is C69H53N. The van der Waals surface area contributed by atoms with Gasteiger partial charge in [0.25, 0.3) is 0 Å². The zero-order valence-corrected chi connectivity index (χ0v) is 40.7. The predicted octanol–water partition coefficient (Wildman–Crippen LogP) is 18.9. The van der Waals surface area contributed by atoms with Crippen molar-refractivity contribution in [3.8, 4) is 55.6 Å². The molecule has 0 saturated carbocycles. The Balaban J connectivity index is 0.978. The fourth-order valence-corrected chi connectivity index (χ4v) is 13.4. The molecule has 0 saturated heterocycles. The lowest BCUT2D eigenvalue weighted by Crippen LogP contribution is -2.18. The van der Waals surface area contributed by atoms with Gasteiger partial charge in [0.15, 0.2) is 0 Å². The highest BCUT2D eigenvalue weighted by atomic mass is 15.1. The largest absolute Gasteiger partial charge is 0.310 e. The van der Waals surface area contributed by atoms with Crippen molar-refractivity contribution in [2.24, 2.45) is 0 Å². The van der Waals surface area contributed by atoms with Gasteiger partial charge in [0.1, 0.15) is 0 Å². The summed E-state index contributed by atoms with van der Waals surface area (Å²) in [6.07, 6.45) is 0. The van der Waals surface area contributed by atoms with E-state index in [9.17, 15) is 0 Å². The fraction of sp³-hybridized carbons (Fsp3) is 0.130. The topological polar surface area (TPSA) is 3.24 Å². The first-order chi connectivity index (χ1) is 34.0. The van der Waals surface area contributed by atoms with Gasteiger partial charge in [-0.15, -0.1) is 0 Å². The monoisotopic (exact) mass is 895 g/mol. The highest BCUT2D eigenvalue weighted by Crippen LogP contribution is 2.56. The van der Waals surface area contributed by atoms with Crippen LogP contribution in [0, 0.1) is 0 Å². The van der Waals surface area contributed by atoms with E-state index in [1.165, 1.54) is 121 Å². The minimum Gasteiger partial charge on any atom is -0.310 e. The van der Waals surface area contributed by atoms with Crippen LogP contribution in [0.1, 0.15) is 74.9 Å². The quantitative estimate of drug-likeness (QED) is 0.156. The van der Waals surface area contributed by atoms with E-state index in [1.807, 2.05) is 0 Å². The van der Waals surface area contributed by atoms with Crippen molar-refractivity contribution < 1.29 is 0 Å². The standard InChI is InChI=1S/C69H53N/c1-67(2)59-27-14-11-20-48(59)51-36-34-46(40-62(51)67)70(47-35-37-52-49-21-12-15-28-60(49)68(3,4)63(52)41-47)45-32-30-42(31-33-45)64-53-23-9-10-24-54(53)65(58-39-44-19-8-7-18-43(44)38-57(58)64)56-26-17-25-55-50-22-13-16-29-61(50)69(5,6)66(55)56/h7-41H,1-6H3. The van der Waals surface area contributed by atoms with Gasteiger partial charge in [-0.25, -0.2) is 0 Å². The molecule has 1 heteroatoms. The lowest BCUT2D eigenvalue weighted by Gasteiger charge is -2.30. The molecule has 0 aliphatic heterocycles. The predicted molar refractivity (Wildman–Crippen MR) is 297 cm³/mol. The Hall–Kier alpha value is -8.00. The summed E-state index contributed by atoms with van der Waals surface area (Å²) < 4.78 is 0. The first-order valence-corrected chi connectivity index (χ1v) is 25.0. The van der Waals surface area contributed by atoms with Crippen molar-refractivity contribution in [2.75, 3.05) is 4.90 Å². The molecule has 70 heavy (non-hydrogen) atoms. The maximum absolute atomic E-state index is 2.49. The molecule has 0 bridgehead atoms. The Kier molecular flexibility index (Phi) is 8.50. The van der Waals surface area contributed by atoms with Gasteiger partial charge in [0.05, 0.1) is 0 Å². The summed E-state index contributed by atoms with van der Waals surface area (Å²) in [6, 6.07) is 80.6. The molecule has 0 atom stereocenters. The first-order valence-electron chi connectivity index (χ1n) is 25.0. The van der Waals surface area contributed by atoms with Crippen LogP contribution in [0.15, 0.2) is 212 Å². The maximum atomic E-state index is 2.49. The molecule has 14 rings (SSSR count). The molecule has 11 aromatic carbocycles. The second-order valence-corrected chi connectivity index (χ2v) is 21.6. The highest BCUT2D eigenvalue weighted by molar-refractivity contribution is 6.24. The zero-order valence-electron chi connectivity index (χ0n) is 40.7. The minimum atomic E-state index is -0.162. The summed E-state index contributed by atoms with van der Waals surface area (Å²) in [6.45, 7) is 14.3. The molecule has 3 aliphatic carbocycles.